The van der Waals surface area contributed by atoms with Crippen LogP contribution in [0.5, 0.6) is 0 Å². The predicted molar refractivity (Wildman–Crippen MR) is 43.0 cm³/mol. The summed E-state index contributed by atoms with van der Waals surface area (Å²) in [6.07, 6.45) is -1.52. The molecule has 0 aliphatic carbocycles. The Labute approximate surface area is 74.3 Å². The molecule has 0 saturated heterocycles. The second-order valence-corrected chi connectivity index (χ2v) is 2.36. The molecule has 0 amide bonds. The summed E-state index contributed by atoms with van der Waals surface area (Å²) in [4.78, 5) is 7.25. The van der Waals surface area contributed by atoms with Gasteiger partial charge in [-0.1, -0.05) is 0 Å². The molecule has 4 N–H and O–H groups in total. The van der Waals surface area contributed by atoms with Crippen LogP contribution in [0.2, 0.25) is 0 Å². The molecule has 0 spiro atoms. The van der Waals surface area contributed by atoms with Crippen molar-refractivity contribution in [3.8, 4) is 6.07 Å². The Morgan fingerprint density at radius 1 is 1.54 bits per heavy atom. The third kappa shape index (κ3) is 2.11. The highest BCUT2D eigenvalue weighted by molar-refractivity contribution is 5.20. The number of nitrogens with two attached hydrogens (primary N) is 1. The van der Waals surface area contributed by atoms with Crippen LogP contribution in [-0.4, -0.2) is 26.3 Å². The van der Waals surface area contributed by atoms with Crippen molar-refractivity contribution in [2.75, 3.05) is 5.73 Å². The van der Waals surface area contributed by atoms with Crippen LogP contribution < -0.4 is 5.73 Å². The van der Waals surface area contributed by atoms with Crippen molar-refractivity contribution in [3.05, 3.63) is 18.0 Å². The maximum absolute atomic E-state index is 9.30. The minimum atomic E-state index is -1.51. The van der Waals surface area contributed by atoms with Gasteiger partial charge in [-0.05, 0) is 6.07 Å². The Kier molecular flexibility index (Phi) is 2.74. The number of aliphatic hydroxyl groups excluding tert-OH is 2. The van der Waals surface area contributed by atoms with Gasteiger partial charge in [-0.2, -0.15) is 5.26 Å². The zero-order valence-corrected chi connectivity index (χ0v) is 6.62. The molecule has 0 radical (unpaired) electrons. The van der Waals surface area contributed by atoms with Gasteiger partial charge in [0.25, 0.3) is 0 Å². The summed E-state index contributed by atoms with van der Waals surface area (Å²) in [6.45, 7) is 0. The van der Waals surface area contributed by atoms with Gasteiger partial charge in [0, 0.05) is 6.20 Å². The molecule has 0 aromatic carbocycles. The Morgan fingerprint density at radius 3 is 2.77 bits per heavy atom. The zero-order chi connectivity index (χ0) is 9.84. The van der Waals surface area contributed by atoms with Gasteiger partial charge in [0.1, 0.15) is 6.10 Å². The molecule has 2 unspecified atom stereocenters. The predicted octanol–water partition coefficient (Wildman–Crippen LogP) is -1.02. The molecule has 6 heteroatoms. The summed E-state index contributed by atoms with van der Waals surface area (Å²) < 4.78 is 0. The maximum atomic E-state index is 9.30. The molecule has 1 aromatic rings. The number of nitriles is 1. The average molecular weight is 180 g/mol. The monoisotopic (exact) mass is 180 g/mol. The number of nitrogens with zero attached hydrogens (tertiary/aromatic N) is 3. The Hall–Kier alpha value is -1.71. The standard InChI is InChI=1S/C7H8N4O2/c8-3-5(12)6(13)4-1-2-10-7(9)11-4/h1-2,5-6,12-13H,(H2,9,10,11). The molecule has 68 valence electrons. The molecule has 1 rings (SSSR count). The van der Waals surface area contributed by atoms with Crippen LogP contribution in [0.15, 0.2) is 12.3 Å². The Bertz CT molecular complexity index is 336. The minimum Gasteiger partial charge on any atom is -0.383 e. The maximum Gasteiger partial charge on any atom is 0.220 e. The quantitative estimate of drug-likeness (QED) is 0.501. The fraction of sp³-hybridized carbons (Fsp3) is 0.286. The van der Waals surface area contributed by atoms with E-state index in [1.54, 1.807) is 0 Å². The van der Waals surface area contributed by atoms with Crippen LogP contribution in [0.25, 0.3) is 0 Å². The summed E-state index contributed by atoms with van der Waals surface area (Å²) in [5.74, 6) is -0.0123. The second kappa shape index (κ2) is 3.80. The van der Waals surface area contributed by atoms with Crippen molar-refractivity contribution in [1.29, 1.82) is 5.26 Å². The summed E-state index contributed by atoms with van der Waals surface area (Å²) in [5, 5.41) is 26.6. The largest absolute Gasteiger partial charge is 0.383 e. The van der Waals surface area contributed by atoms with E-state index in [4.69, 9.17) is 16.1 Å². The fourth-order valence-electron chi connectivity index (χ4n) is 0.785. The van der Waals surface area contributed by atoms with Crippen LogP contribution in [-0.2, 0) is 0 Å². The van der Waals surface area contributed by atoms with Crippen molar-refractivity contribution in [1.82, 2.24) is 9.97 Å². The number of hydrogen-bond donors (Lipinski definition) is 3. The molecule has 13 heavy (non-hydrogen) atoms. The van der Waals surface area contributed by atoms with Gasteiger partial charge < -0.3 is 15.9 Å². The molecule has 0 aliphatic heterocycles. The molecule has 0 saturated carbocycles. The molecule has 1 heterocycles. The topological polar surface area (TPSA) is 116 Å². The summed E-state index contributed by atoms with van der Waals surface area (Å²) >= 11 is 0. The minimum absolute atomic E-state index is 0.0123. The summed E-state index contributed by atoms with van der Waals surface area (Å²) in [7, 11) is 0. The number of aliphatic hydroxyl groups is 2. The zero-order valence-electron chi connectivity index (χ0n) is 6.62. The van der Waals surface area contributed by atoms with E-state index in [1.807, 2.05) is 0 Å². The van der Waals surface area contributed by atoms with Crippen LogP contribution >= 0.6 is 0 Å². The first kappa shape index (κ1) is 9.38. The SMILES string of the molecule is N#CC(O)C(O)c1ccnc(N)n1. The van der Waals surface area contributed by atoms with Crippen molar-refractivity contribution in [2.45, 2.75) is 12.2 Å². The van der Waals surface area contributed by atoms with Gasteiger partial charge in [0.15, 0.2) is 6.10 Å². The van der Waals surface area contributed by atoms with E-state index in [0.717, 1.165) is 0 Å². The average Bonchev–Trinajstić information content (AvgIpc) is 2.15. The lowest BCUT2D eigenvalue weighted by molar-refractivity contribution is 0.0499. The first-order chi connectivity index (χ1) is 6.15. The molecular formula is C7H8N4O2. The molecule has 6 nitrogen and oxygen atoms in total. The normalized spacial score (nSPS) is 14.5. The number of aromatic nitrogens is 2. The first-order valence-electron chi connectivity index (χ1n) is 3.49. The lowest BCUT2D eigenvalue weighted by Gasteiger charge is -2.10. The van der Waals surface area contributed by atoms with Gasteiger partial charge in [0.2, 0.25) is 5.95 Å². The van der Waals surface area contributed by atoms with E-state index in [2.05, 4.69) is 9.97 Å². The van der Waals surface area contributed by atoms with Crippen molar-refractivity contribution >= 4 is 5.95 Å². The van der Waals surface area contributed by atoms with Crippen LogP contribution in [0.1, 0.15) is 11.8 Å². The molecule has 0 aliphatic rings. The summed E-state index contributed by atoms with van der Waals surface area (Å²) in [5.41, 5.74) is 5.37. The number of rotatable bonds is 2. The van der Waals surface area contributed by atoms with E-state index < -0.39 is 12.2 Å². The van der Waals surface area contributed by atoms with Gasteiger partial charge in [-0.25, -0.2) is 9.97 Å². The third-order valence-corrected chi connectivity index (χ3v) is 1.43. The van der Waals surface area contributed by atoms with E-state index in [-0.39, 0.29) is 11.6 Å². The van der Waals surface area contributed by atoms with Crippen LogP contribution in [0.3, 0.4) is 0 Å². The number of hydrogen-bond acceptors (Lipinski definition) is 6. The molecule has 2 atom stereocenters. The van der Waals surface area contributed by atoms with Gasteiger partial charge in [0.05, 0.1) is 11.8 Å². The molecule has 0 bridgehead atoms. The van der Waals surface area contributed by atoms with E-state index in [0.29, 0.717) is 0 Å². The Morgan fingerprint density at radius 2 is 2.23 bits per heavy atom. The molecule has 1 aromatic heterocycles. The molecule has 0 fully saturated rings. The van der Waals surface area contributed by atoms with Crippen LogP contribution in [0, 0.1) is 11.3 Å². The van der Waals surface area contributed by atoms with E-state index in [1.165, 1.54) is 18.3 Å². The lowest BCUT2D eigenvalue weighted by atomic mass is 10.1. The fourth-order valence-corrected chi connectivity index (χ4v) is 0.785. The first-order valence-corrected chi connectivity index (χ1v) is 3.49. The number of nitrogen functional groups attached to an aromatic ring is 1. The van der Waals surface area contributed by atoms with Gasteiger partial charge in [-0.3, -0.25) is 0 Å². The van der Waals surface area contributed by atoms with Crippen molar-refractivity contribution < 1.29 is 10.2 Å². The van der Waals surface area contributed by atoms with Crippen molar-refractivity contribution in [2.24, 2.45) is 0 Å². The summed E-state index contributed by atoms with van der Waals surface area (Å²) in [6, 6.07) is 2.86. The highest BCUT2D eigenvalue weighted by Gasteiger charge is 2.18. The lowest BCUT2D eigenvalue weighted by Crippen LogP contribution is -2.17. The van der Waals surface area contributed by atoms with E-state index >= 15 is 0 Å². The second-order valence-electron chi connectivity index (χ2n) is 2.36. The highest BCUT2D eigenvalue weighted by atomic mass is 16.3. The highest BCUT2D eigenvalue weighted by Crippen LogP contribution is 2.13. The van der Waals surface area contributed by atoms with Crippen LogP contribution in [0.4, 0.5) is 5.95 Å². The smallest absolute Gasteiger partial charge is 0.220 e. The van der Waals surface area contributed by atoms with Gasteiger partial charge >= 0.3 is 0 Å². The Balaban J connectivity index is 2.90. The van der Waals surface area contributed by atoms with Crippen molar-refractivity contribution in [3.63, 3.8) is 0 Å². The van der Waals surface area contributed by atoms with Gasteiger partial charge in [-0.15, -0.1) is 0 Å². The molecular weight excluding hydrogens is 172 g/mol. The third-order valence-electron chi connectivity index (χ3n) is 1.43. The number of anilines is 1. The van der Waals surface area contributed by atoms with E-state index in [9.17, 15) is 5.11 Å².